The topological polar surface area (TPSA) is 61.6 Å². The zero-order valence-corrected chi connectivity index (χ0v) is 19.8. The predicted molar refractivity (Wildman–Crippen MR) is 139 cm³/mol. The third-order valence-corrected chi connectivity index (χ3v) is 6.32. The number of hydrogen-bond donors (Lipinski definition) is 1. The van der Waals surface area contributed by atoms with Gasteiger partial charge < -0.3 is 14.6 Å². The molecule has 0 atom stereocenters. The Morgan fingerprint density at radius 3 is 2.26 bits per heavy atom. The van der Waals surface area contributed by atoms with Crippen molar-refractivity contribution in [2.45, 2.75) is 19.4 Å². The van der Waals surface area contributed by atoms with Crippen LogP contribution in [0.25, 0.3) is 11.3 Å². The van der Waals surface area contributed by atoms with Crippen LogP contribution in [0.1, 0.15) is 17.9 Å². The van der Waals surface area contributed by atoms with Crippen LogP contribution in [0.3, 0.4) is 0 Å². The maximum Gasteiger partial charge on any atom is 0.224 e. The zero-order valence-electron chi connectivity index (χ0n) is 19.8. The average Bonchev–Trinajstić information content (AvgIpc) is 3.39. The van der Waals surface area contributed by atoms with Gasteiger partial charge in [-0.05, 0) is 29.8 Å². The fraction of sp³-hybridized carbons (Fsp3) is 0.241. The molecule has 6 heteroatoms. The first-order chi connectivity index (χ1) is 17.2. The molecule has 0 unspecified atom stereocenters. The number of aromatic nitrogens is 1. The van der Waals surface area contributed by atoms with Gasteiger partial charge in [0.05, 0.1) is 6.20 Å². The summed E-state index contributed by atoms with van der Waals surface area (Å²) >= 11 is 0. The highest BCUT2D eigenvalue weighted by Gasteiger charge is 2.17. The number of carbonyl (C=O) groups excluding carboxylic acids is 1. The van der Waals surface area contributed by atoms with E-state index in [0.29, 0.717) is 18.7 Å². The van der Waals surface area contributed by atoms with Crippen molar-refractivity contribution < 1.29 is 9.21 Å². The van der Waals surface area contributed by atoms with Crippen molar-refractivity contribution in [2.75, 3.05) is 36.4 Å². The van der Waals surface area contributed by atoms with Crippen LogP contribution in [-0.4, -0.2) is 42.0 Å². The number of hydrogen-bond acceptors (Lipinski definition) is 5. The van der Waals surface area contributed by atoms with Crippen LogP contribution in [0, 0.1) is 0 Å². The molecule has 1 fully saturated rings. The normalized spacial score (nSPS) is 14.1. The second-order valence-corrected chi connectivity index (χ2v) is 8.83. The summed E-state index contributed by atoms with van der Waals surface area (Å²) in [6.07, 6.45) is 2.49. The highest BCUT2D eigenvalue weighted by atomic mass is 16.4. The number of carbonyl (C=O) groups is 1. The zero-order chi connectivity index (χ0) is 23.9. The minimum atomic E-state index is -0.0493. The molecule has 1 aliphatic rings. The molecule has 6 nitrogen and oxygen atoms in total. The lowest BCUT2D eigenvalue weighted by Crippen LogP contribution is -2.45. The second kappa shape index (κ2) is 11.0. The minimum absolute atomic E-state index is 0.0493. The second-order valence-electron chi connectivity index (χ2n) is 8.83. The summed E-state index contributed by atoms with van der Waals surface area (Å²) in [4.78, 5) is 21.6. The highest BCUT2D eigenvalue weighted by molar-refractivity contribution is 5.91. The number of nitrogens with one attached hydrogen (secondary N) is 1. The summed E-state index contributed by atoms with van der Waals surface area (Å²) in [6, 6.07) is 28.6. The van der Waals surface area contributed by atoms with Crippen molar-refractivity contribution in [3.8, 4) is 11.3 Å². The molecular weight excluding hydrogens is 436 g/mol. The molecule has 4 aromatic rings. The van der Waals surface area contributed by atoms with E-state index in [2.05, 4.69) is 62.6 Å². The first-order valence-electron chi connectivity index (χ1n) is 12.1. The molecule has 1 aliphatic heterocycles. The standard InChI is InChI=1S/C29H30N4O2/c34-28(15-16-29-30-21-27(35-29)24-9-5-2-6-10-24)31-25-11-13-26(14-12-25)33-19-17-32(18-20-33)22-23-7-3-1-4-8-23/h1-14,21H,15-20,22H2,(H,31,34). The monoisotopic (exact) mass is 466 g/mol. The van der Waals surface area contributed by atoms with E-state index in [4.69, 9.17) is 4.42 Å². The molecule has 3 aromatic carbocycles. The van der Waals surface area contributed by atoms with Gasteiger partial charge in [-0.15, -0.1) is 0 Å². The van der Waals surface area contributed by atoms with Crippen molar-refractivity contribution in [2.24, 2.45) is 0 Å². The molecule has 0 saturated carbocycles. The van der Waals surface area contributed by atoms with Gasteiger partial charge in [0.25, 0.3) is 0 Å². The Morgan fingerprint density at radius 2 is 1.54 bits per heavy atom. The number of nitrogens with zero attached hydrogens (tertiary/aromatic N) is 3. The predicted octanol–water partition coefficient (Wildman–Crippen LogP) is 5.24. The number of amides is 1. The molecule has 0 bridgehead atoms. The first-order valence-corrected chi connectivity index (χ1v) is 12.1. The van der Waals surface area contributed by atoms with Gasteiger partial charge >= 0.3 is 0 Å². The van der Waals surface area contributed by atoms with E-state index in [1.54, 1.807) is 6.20 Å². The Bertz CT molecular complexity index is 1210. The number of piperazine rings is 1. The lowest BCUT2D eigenvalue weighted by Gasteiger charge is -2.36. The van der Waals surface area contributed by atoms with Crippen LogP contribution in [0.15, 0.2) is 95.5 Å². The molecule has 0 radical (unpaired) electrons. The van der Waals surface area contributed by atoms with Crippen LogP contribution in [0.4, 0.5) is 11.4 Å². The Morgan fingerprint density at radius 1 is 0.857 bits per heavy atom. The molecule has 35 heavy (non-hydrogen) atoms. The molecule has 5 rings (SSSR count). The van der Waals surface area contributed by atoms with Crippen LogP contribution < -0.4 is 10.2 Å². The van der Waals surface area contributed by atoms with Gasteiger partial charge in [0, 0.05) is 62.5 Å². The highest BCUT2D eigenvalue weighted by Crippen LogP contribution is 2.22. The van der Waals surface area contributed by atoms with Crippen LogP contribution >= 0.6 is 0 Å². The molecule has 1 saturated heterocycles. The van der Waals surface area contributed by atoms with Gasteiger partial charge in [0.2, 0.25) is 5.91 Å². The molecule has 1 amide bonds. The Kier molecular flexibility index (Phi) is 7.20. The van der Waals surface area contributed by atoms with Crippen LogP contribution in [0.5, 0.6) is 0 Å². The summed E-state index contributed by atoms with van der Waals surface area (Å²) in [6.45, 7) is 5.08. The van der Waals surface area contributed by atoms with Crippen LogP contribution in [-0.2, 0) is 17.8 Å². The molecule has 0 aliphatic carbocycles. The van der Waals surface area contributed by atoms with Crippen LogP contribution in [0.2, 0.25) is 0 Å². The molecule has 1 N–H and O–H groups in total. The fourth-order valence-corrected chi connectivity index (χ4v) is 4.37. The summed E-state index contributed by atoms with van der Waals surface area (Å²) in [5.74, 6) is 1.24. The van der Waals surface area contributed by atoms with E-state index in [-0.39, 0.29) is 5.91 Å². The summed E-state index contributed by atoms with van der Waals surface area (Å²) in [7, 11) is 0. The fourth-order valence-electron chi connectivity index (χ4n) is 4.37. The molecule has 2 heterocycles. The maximum atomic E-state index is 12.4. The van der Waals surface area contributed by atoms with Gasteiger partial charge in [-0.2, -0.15) is 0 Å². The SMILES string of the molecule is O=C(CCc1ncc(-c2ccccc2)o1)Nc1ccc(N2CCN(Cc3ccccc3)CC2)cc1. The van der Waals surface area contributed by atoms with Gasteiger partial charge in [-0.25, -0.2) is 4.98 Å². The smallest absolute Gasteiger partial charge is 0.224 e. The quantitative estimate of drug-likeness (QED) is 0.385. The van der Waals surface area contributed by atoms with Crippen molar-refractivity contribution in [3.05, 3.63) is 103 Å². The lowest BCUT2D eigenvalue weighted by atomic mass is 10.2. The third-order valence-electron chi connectivity index (χ3n) is 6.32. The van der Waals surface area contributed by atoms with E-state index in [1.165, 1.54) is 11.3 Å². The summed E-state index contributed by atoms with van der Waals surface area (Å²) in [5.41, 5.74) is 4.34. The molecular formula is C29H30N4O2. The van der Waals surface area contributed by atoms with Gasteiger partial charge in [-0.1, -0.05) is 60.7 Å². The Labute approximate surface area is 206 Å². The number of rotatable bonds is 8. The Balaban J connectivity index is 1.07. The number of aryl methyl sites for hydroxylation is 1. The first kappa shape index (κ1) is 22.9. The largest absolute Gasteiger partial charge is 0.441 e. The van der Waals surface area contributed by atoms with E-state index >= 15 is 0 Å². The van der Waals surface area contributed by atoms with E-state index in [0.717, 1.165) is 49.7 Å². The maximum absolute atomic E-state index is 12.4. The summed E-state index contributed by atoms with van der Waals surface area (Å²) < 4.78 is 5.79. The van der Waals surface area contributed by atoms with E-state index in [1.807, 2.05) is 42.5 Å². The van der Waals surface area contributed by atoms with Crippen molar-refractivity contribution in [3.63, 3.8) is 0 Å². The van der Waals surface area contributed by atoms with Gasteiger partial charge in [0.15, 0.2) is 11.7 Å². The third kappa shape index (κ3) is 6.16. The number of benzene rings is 3. The lowest BCUT2D eigenvalue weighted by molar-refractivity contribution is -0.116. The van der Waals surface area contributed by atoms with Crippen molar-refractivity contribution in [1.82, 2.24) is 9.88 Å². The van der Waals surface area contributed by atoms with E-state index in [9.17, 15) is 4.79 Å². The number of anilines is 2. The Hall–Kier alpha value is -3.90. The molecule has 0 spiro atoms. The van der Waals surface area contributed by atoms with Crippen molar-refractivity contribution >= 4 is 17.3 Å². The van der Waals surface area contributed by atoms with Gasteiger partial charge in [0.1, 0.15) is 0 Å². The van der Waals surface area contributed by atoms with E-state index < -0.39 is 0 Å². The number of oxazole rings is 1. The molecule has 1 aromatic heterocycles. The molecule has 178 valence electrons. The van der Waals surface area contributed by atoms with Gasteiger partial charge in [-0.3, -0.25) is 9.69 Å². The van der Waals surface area contributed by atoms with Crippen molar-refractivity contribution in [1.29, 1.82) is 0 Å². The summed E-state index contributed by atoms with van der Waals surface area (Å²) in [5, 5.41) is 2.98. The minimum Gasteiger partial charge on any atom is -0.441 e. The average molecular weight is 467 g/mol.